The van der Waals surface area contributed by atoms with Crippen molar-refractivity contribution in [3.05, 3.63) is 204 Å². The molecule has 1 N–H and O–H groups in total. The molecule has 2 aliphatic rings. The van der Waals surface area contributed by atoms with E-state index in [-0.39, 0.29) is 17.3 Å². The highest BCUT2D eigenvalue weighted by atomic mass is 32.2. The van der Waals surface area contributed by atoms with Crippen LogP contribution in [-0.2, 0) is 40.2 Å². The number of rotatable bonds is 15. The summed E-state index contributed by atoms with van der Waals surface area (Å²) in [5, 5.41) is 14.1. The lowest BCUT2D eigenvalue weighted by Gasteiger charge is -2.25. The molecule has 65 heavy (non-hydrogen) atoms. The fraction of sp³-hybridized carbons (Fsp3) is 0.154. The van der Waals surface area contributed by atoms with E-state index in [1.165, 1.54) is 22.6 Å². The Kier molecular flexibility index (Phi) is 14.7. The number of nitrogens with zero attached hydrogens (tertiary/aromatic N) is 2. The van der Waals surface area contributed by atoms with Crippen molar-refractivity contribution in [3.63, 3.8) is 0 Å². The molecule has 0 amide bonds. The highest BCUT2D eigenvalue weighted by molar-refractivity contribution is 8.04. The van der Waals surface area contributed by atoms with Crippen LogP contribution in [0.25, 0.3) is 22.4 Å². The molecule has 1 aliphatic heterocycles. The van der Waals surface area contributed by atoms with Gasteiger partial charge in [0.15, 0.2) is 12.3 Å². The van der Waals surface area contributed by atoms with Gasteiger partial charge in [0.25, 0.3) is 5.01 Å². The van der Waals surface area contributed by atoms with E-state index in [2.05, 4.69) is 113 Å². The summed E-state index contributed by atoms with van der Waals surface area (Å²) in [6.45, 7) is 9.52. The number of carbonyl (C=O) groups is 1. The number of anilines is 1. The van der Waals surface area contributed by atoms with Gasteiger partial charge in [-0.3, -0.25) is 4.79 Å². The lowest BCUT2D eigenvalue weighted by atomic mass is 9.89. The first kappa shape index (κ1) is 46.0. The van der Waals surface area contributed by atoms with Crippen LogP contribution in [0.15, 0.2) is 176 Å². The van der Waals surface area contributed by atoms with Gasteiger partial charge in [0.2, 0.25) is 5.52 Å². The predicted molar refractivity (Wildman–Crippen MR) is 267 cm³/mol. The van der Waals surface area contributed by atoms with E-state index in [1.54, 1.807) is 58.3 Å². The second-order valence-electron chi connectivity index (χ2n) is 15.3. The van der Waals surface area contributed by atoms with Gasteiger partial charge in [-0.2, -0.15) is 4.57 Å². The molecule has 0 fully saturated rings. The molecule has 3 heterocycles. The number of benzene rings is 5. The molecule has 330 valence electrons. The number of thiophene rings is 1. The number of aliphatic hydroxyl groups excluding tert-OH is 1. The first-order chi connectivity index (χ1) is 31.5. The third-order valence-corrected chi connectivity index (χ3v) is 16.1. The van der Waals surface area contributed by atoms with Crippen molar-refractivity contribution in [2.75, 3.05) is 18.1 Å². The van der Waals surface area contributed by atoms with Crippen LogP contribution < -0.4 is 14.2 Å². The first-order valence-corrected chi connectivity index (χ1v) is 25.9. The molecule has 9 rings (SSSR count). The molecule has 8 nitrogen and oxygen atoms in total. The number of aliphatic hydroxyl groups is 1. The van der Waals surface area contributed by atoms with Gasteiger partial charge < -0.3 is 19.3 Å². The minimum atomic E-state index is -4.27. The predicted octanol–water partition coefficient (Wildman–Crippen LogP) is 11.6. The van der Waals surface area contributed by atoms with Gasteiger partial charge >= 0.3 is 0 Å². The Hall–Kier alpha value is -5.51. The van der Waals surface area contributed by atoms with E-state index in [9.17, 15) is 22.9 Å². The number of ether oxygens (including phenoxy) is 1. The van der Waals surface area contributed by atoms with E-state index in [4.69, 9.17) is 4.74 Å². The van der Waals surface area contributed by atoms with E-state index >= 15 is 0 Å². The molecule has 13 heteroatoms. The smallest absolute Gasteiger partial charge is 0.263 e. The standard InChI is InChI=1S/C45H39N2O3S4.C7H8O3S/c1-3-30-12-14-32(15-13-30)27-47-39-19-17-34(50-28-33-9-6-5-7-10-33)24-41(39)54-43(47)26-37-44(49)36(45(37)52-29-35-11-8-22-51-35)25-42-46(20-21-48)38-18-16-31(4-2)23-40(38)53-42;1-6-2-4-7(5-3-6)11(8,9)10/h3,5-19,22-26,48H,1,4,20-21,27-29H2,2H3;2-5H,1H3,(H,8,9,10)/q+1;/p-1. The second-order valence-corrected chi connectivity index (χ2v) is 20.8. The maximum Gasteiger partial charge on any atom is 0.263 e. The number of β-amino-alcohol motifs (C(OH)–C–C–N with tert-alkyl or cyclic N) is 1. The van der Waals surface area contributed by atoms with Crippen molar-refractivity contribution < 1.29 is 32.2 Å². The average molecular weight is 955 g/mol. The van der Waals surface area contributed by atoms with E-state index in [0.717, 1.165) is 87.1 Å². The van der Waals surface area contributed by atoms with Gasteiger partial charge in [0.1, 0.15) is 27.2 Å². The summed E-state index contributed by atoms with van der Waals surface area (Å²) in [6, 6.07) is 41.4. The molecular weight excluding hydrogens is 909 g/mol. The number of ketones is 1. The molecular formula is C52H46N2O6S5. The number of carbonyl (C=O) groups excluding carboxylic acids is 1. The van der Waals surface area contributed by atoms with E-state index in [0.29, 0.717) is 19.7 Å². The van der Waals surface area contributed by atoms with Crippen molar-refractivity contribution >= 4 is 90.2 Å². The summed E-state index contributed by atoms with van der Waals surface area (Å²) in [5.74, 6) is 1.63. The molecule has 0 atom stereocenters. The van der Waals surface area contributed by atoms with Gasteiger partial charge in [-0.05, 0) is 77.9 Å². The Morgan fingerprint density at radius 1 is 0.892 bits per heavy atom. The summed E-state index contributed by atoms with van der Waals surface area (Å²) >= 11 is 6.80. The van der Waals surface area contributed by atoms with Gasteiger partial charge in [-0.15, -0.1) is 23.1 Å². The normalized spacial score (nSPS) is 14.7. The second kappa shape index (κ2) is 20.8. The van der Waals surface area contributed by atoms with Crippen LogP contribution in [0.2, 0.25) is 0 Å². The molecule has 2 aromatic heterocycles. The van der Waals surface area contributed by atoms with Crippen molar-refractivity contribution in [2.45, 2.75) is 49.0 Å². The molecule has 5 aromatic carbocycles. The Bertz CT molecular complexity index is 3050. The zero-order chi connectivity index (χ0) is 45.5. The minimum absolute atomic E-state index is 0.0201. The van der Waals surface area contributed by atoms with Crippen LogP contribution in [0, 0.1) is 6.92 Å². The fourth-order valence-corrected chi connectivity index (χ4v) is 12.0. The zero-order valence-corrected chi connectivity index (χ0v) is 39.9. The van der Waals surface area contributed by atoms with Crippen LogP contribution in [0.3, 0.4) is 0 Å². The Balaban J connectivity index is 0.000000460. The van der Waals surface area contributed by atoms with Crippen LogP contribution in [0.4, 0.5) is 5.69 Å². The molecule has 0 bridgehead atoms. The maximum absolute atomic E-state index is 14.3. The number of thiazole rings is 1. The summed E-state index contributed by atoms with van der Waals surface area (Å²) in [6.07, 6.45) is 6.94. The zero-order valence-electron chi connectivity index (χ0n) is 35.8. The summed E-state index contributed by atoms with van der Waals surface area (Å²) in [4.78, 5) is 19.7. The highest BCUT2D eigenvalue weighted by Gasteiger charge is 2.36. The van der Waals surface area contributed by atoms with E-state index in [1.807, 2.05) is 43.3 Å². The summed E-state index contributed by atoms with van der Waals surface area (Å²) in [5.41, 5.74) is 9.17. The molecule has 0 unspecified atom stereocenters. The number of aromatic nitrogens is 1. The van der Waals surface area contributed by atoms with Crippen LogP contribution in [-0.4, -0.2) is 37.0 Å². The number of allylic oxidation sites excluding steroid dienone is 3. The molecule has 7 aromatic rings. The van der Waals surface area contributed by atoms with Crippen molar-refractivity contribution in [1.29, 1.82) is 0 Å². The Morgan fingerprint density at radius 3 is 2.35 bits per heavy atom. The first-order valence-electron chi connectivity index (χ1n) is 21.0. The number of Topliss-reactive ketones (excluding diaryl/α,β-unsaturated/α-hetero) is 1. The quantitative estimate of drug-likeness (QED) is 0.0610. The largest absolute Gasteiger partial charge is 0.744 e. The summed E-state index contributed by atoms with van der Waals surface area (Å²) < 4.78 is 40.8. The molecule has 0 saturated carbocycles. The van der Waals surface area contributed by atoms with Crippen LogP contribution >= 0.6 is 46.2 Å². The lowest BCUT2D eigenvalue weighted by Crippen LogP contribution is -2.36. The maximum atomic E-state index is 14.3. The van der Waals surface area contributed by atoms with Gasteiger partial charge in [0, 0.05) is 61.9 Å². The van der Waals surface area contributed by atoms with Gasteiger partial charge in [0.05, 0.1) is 22.2 Å². The molecule has 0 saturated heterocycles. The van der Waals surface area contributed by atoms with Crippen LogP contribution in [0.5, 0.6) is 5.75 Å². The monoisotopic (exact) mass is 954 g/mol. The average Bonchev–Trinajstić information content (AvgIpc) is 4.05. The Morgan fingerprint density at radius 2 is 1.66 bits per heavy atom. The Labute approximate surface area is 396 Å². The number of aryl methyl sites for hydroxylation is 2. The highest BCUT2D eigenvalue weighted by Crippen LogP contribution is 2.49. The molecule has 0 radical (unpaired) electrons. The SMILES string of the molecule is C=Cc1ccc(C[n+]2c(/C=C3/C(=O)C(/C=C4/Sc5cc(CC)ccc5N4CCO)=C3SCc3cccs3)sc3cc(OCc4ccccc4)ccc32)cc1.Cc1ccc(S(=O)(=O)[O-])cc1. The number of fused-ring (bicyclic) bond motifs is 2. The van der Waals surface area contributed by atoms with Crippen LogP contribution in [0.1, 0.15) is 44.6 Å². The third kappa shape index (κ3) is 11.0. The lowest BCUT2D eigenvalue weighted by molar-refractivity contribution is -0.659. The van der Waals surface area contributed by atoms with E-state index < -0.39 is 10.1 Å². The number of hydrogen-bond donors (Lipinski definition) is 1. The van der Waals surface area contributed by atoms with Crippen molar-refractivity contribution in [2.24, 2.45) is 0 Å². The fourth-order valence-electron chi connectivity index (χ4n) is 7.28. The third-order valence-electron chi connectivity index (χ3n) is 10.8. The molecule has 1 aliphatic carbocycles. The van der Waals surface area contributed by atoms with Crippen molar-refractivity contribution in [3.8, 4) is 5.75 Å². The topological polar surface area (TPSA) is 111 Å². The van der Waals surface area contributed by atoms with Gasteiger partial charge in [-0.1, -0.05) is 127 Å². The minimum Gasteiger partial charge on any atom is -0.744 e. The number of thioether (sulfide) groups is 2. The summed E-state index contributed by atoms with van der Waals surface area (Å²) in [7, 11) is -4.27. The van der Waals surface area contributed by atoms with Crippen molar-refractivity contribution in [1.82, 2.24) is 0 Å². The molecule has 0 spiro atoms. The van der Waals surface area contributed by atoms with Gasteiger partial charge in [-0.25, -0.2) is 8.42 Å². The number of hydrogen-bond acceptors (Lipinski definition) is 11.